The fourth-order valence-corrected chi connectivity index (χ4v) is 1.49. The molecule has 0 atom stereocenters. The van der Waals surface area contributed by atoms with Gasteiger partial charge < -0.3 is 4.74 Å². The van der Waals surface area contributed by atoms with E-state index in [4.69, 9.17) is 4.74 Å². The van der Waals surface area contributed by atoms with Gasteiger partial charge in [-0.1, -0.05) is 23.9 Å². The molecule has 0 aliphatic heterocycles. The number of nitrogens with zero attached hydrogens (tertiary/aromatic N) is 1. The number of anilines is 1. The largest absolute Gasteiger partial charge is 1.00 e. The third-order valence-corrected chi connectivity index (χ3v) is 2.52. The molecule has 0 amide bonds. The summed E-state index contributed by atoms with van der Waals surface area (Å²) in [5.74, 6) is 0.822. The van der Waals surface area contributed by atoms with Crippen LogP contribution in [0.2, 0.25) is 0 Å². The summed E-state index contributed by atoms with van der Waals surface area (Å²) >= 11 is 0. The van der Waals surface area contributed by atoms with Gasteiger partial charge in [0.25, 0.3) is 0 Å². The van der Waals surface area contributed by atoms with Crippen LogP contribution in [0.15, 0.2) is 59.7 Å². The summed E-state index contributed by atoms with van der Waals surface area (Å²) < 4.78 is 5.09. The Morgan fingerprint density at radius 1 is 1.05 bits per heavy atom. The van der Waals surface area contributed by atoms with Gasteiger partial charge in [0.1, 0.15) is 5.75 Å². The molecular formula is C15H15LiN2O. The molecule has 0 aromatic heterocycles. The number of rotatable bonds is 4. The van der Waals surface area contributed by atoms with Crippen molar-refractivity contribution in [2.75, 3.05) is 12.5 Å². The maximum Gasteiger partial charge on any atom is 1.00 e. The second-order valence-corrected chi connectivity index (χ2v) is 3.76. The van der Waals surface area contributed by atoms with Gasteiger partial charge in [0.15, 0.2) is 0 Å². The number of methoxy groups -OCH3 is 1. The smallest absolute Gasteiger partial charge is 0.497 e. The van der Waals surface area contributed by atoms with Crippen molar-refractivity contribution in [2.24, 2.45) is 5.10 Å². The number of benzene rings is 2. The quantitative estimate of drug-likeness (QED) is 0.365. The molecule has 2 aromatic carbocycles. The molecule has 3 nitrogen and oxygen atoms in total. The van der Waals surface area contributed by atoms with Crippen molar-refractivity contribution < 1.29 is 23.6 Å². The Kier molecular flexibility index (Phi) is 6.08. The van der Waals surface area contributed by atoms with Crippen molar-refractivity contribution in [1.29, 1.82) is 0 Å². The Morgan fingerprint density at radius 2 is 1.68 bits per heavy atom. The third-order valence-electron chi connectivity index (χ3n) is 2.52. The van der Waals surface area contributed by atoms with Crippen molar-refractivity contribution in [3.05, 3.63) is 67.1 Å². The van der Waals surface area contributed by atoms with E-state index >= 15 is 0 Å². The molecule has 0 unspecified atom stereocenters. The van der Waals surface area contributed by atoms with E-state index in [2.05, 4.69) is 17.5 Å². The van der Waals surface area contributed by atoms with Crippen LogP contribution in [-0.4, -0.2) is 12.8 Å². The molecule has 1 N–H and O–H groups in total. The third kappa shape index (κ3) is 4.40. The van der Waals surface area contributed by atoms with Crippen LogP contribution in [0.4, 0.5) is 5.69 Å². The van der Waals surface area contributed by atoms with Crippen LogP contribution >= 0.6 is 0 Å². The van der Waals surface area contributed by atoms with E-state index in [1.807, 2.05) is 54.6 Å². The first-order valence-electron chi connectivity index (χ1n) is 5.65. The fourth-order valence-electron chi connectivity index (χ4n) is 1.49. The van der Waals surface area contributed by atoms with Gasteiger partial charge in [0, 0.05) is 0 Å². The molecule has 0 radical (unpaired) electrons. The SMILES string of the molecule is [CH2-]/C(=N\Nc1ccc(OC)cc1)c1ccccc1.[Li+]. The summed E-state index contributed by atoms with van der Waals surface area (Å²) in [4.78, 5) is 0. The molecule has 0 heterocycles. The minimum atomic E-state index is 0. The van der Waals surface area contributed by atoms with Crippen LogP contribution in [0.3, 0.4) is 0 Å². The summed E-state index contributed by atoms with van der Waals surface area (Å²) in [5, 5.41) is 4.23. The van der Waals surface area contributed by atoms with Gasteiger partial charge in [-0.05, 0) is 24.3 Å². The molecule has 2 aromatic rings. The molecule has 0 fully saturated rings. The van der Waals surface area contributed by atoms with Gasteiger partial charge in [-0.25, -0.2) is 12.0 Å². The Hall–Kier alpha value is -1.82. The Balaban J connectivity index is 0.00000180. The molecule has 0 saturated heterocycles. The van der Waals surface area contributed by atoms with E-state index in [0.29, 0.717) is 5.71 Å². The first-order valence-corrected chi connectivity index (χ1v) is 5.65. The minimum Gasteiger partial charge on any atom is -0.497 e. The van der Waals surface area contributed by atoms with Gasteiger partial charge in [-0.2, -0.15) is 0 Å². The molecule has 4 heteroatoms. The van der Waals surface area contributed by atoms with Gasteiger partial charge in [0.2, 0.25) is 0 Å². The van der Waals surface area contributed by atoms with Crippen LogP contribution in [0, 0.1) is 6.92 Å². The molecule has 19 heavy (non-hydrogen) atoms. The monoisotopic (exact) mass is 246 g/mol. The van der Waals surface area contributed by atoms with Crippen LogP contribution in [0.25, 0.3) is 0 Å². The number of hydrogen-bond acceptors (Lipinski definition) is 3. The topological polar surface area (TPSA) is 33.6 Å². The Bertz CT molecular complexity index is 524. The van der Waals surface area contributed by atoms with Gasteiger partial charge >= 0.3 is 18.9 Å². The average molecular weight is 246 g/mol. The van der Waals surface area contributed by atoms with Crippen molar-refractivity contribution in [1.82, 2.24) is 0 Å². The molecule has 92 valence electrons. The van der Waals surface area contributed by atoms with Crippen LogP contribution in [-0.2, 0) is 0 Å². The number of nitrogens with one attached hydrogen (secondary N) is 1. The summed E-state index contributed by atoms with van der Waals surface area (Å²) in [7, 11) is 1.64. The van der Waals surface area contributed by atoms with Gasteiger partial charge in [-0.15, -0.1) is 17.7 Å². The summed E-state index contributed by atoms with van der Waals surface area (Å²) in [6.45, 7) is 3.92. The van der Waals surface area contributed by atoms with Gasteiger partial charge in [-0.3, -0.25) is 5.43 Å². The zero-order chi connectivity index (χ0) is 12.8. The summed E-state index contributed by atoms with van der Waals surface area (Å²) in [6, 6.07) is 17.4. The predicted octanol–water partition coefficient (Wildman–Crippen LogP) is 0.349. The van der Waals surface area contributed by atoms with E-state index in [9.17, 15) is 0 Å². The van der Waals surface area contributed by atoms with Crippen molar-refractivity contribution in [3.8, 4) is 5.75 Å². The first-order chi connectivity index (χ1) is 8.79. The minimum absolute atomic E-state index is 0. The summed E-state index contributed by atoms with van der Waals surface area (Å²) in [5.41, 5.74) is 5.56. The van der Waals surface area contributed by atoms with Crippen molar-refractivity contribution in [3.63, 3.8) is 0 Å². The molecule has 0 spiro atoms. The van der Waals surface area contributed by atoms with Gasteiger partial charge in [0.05, 0.1) is 12.8 Å². The first kappa shape index (κ1) is 15.2. The zero-order valence-corrected chi connectivity index (χ0v) is 11.3. The maximum absolute atomic E-state index is 5.09. The fraction of sp³-hybridized carbons (Fsp3) is 0.0667. The molecule has 0 bridgehead atoms. The second kappa shape index (κ2) is 7.58. The van der Waals surface area contributed by atoms with E-state index in [1.165, 1.54) is 0 Å². The van der Waals surface area contributed by atoms with Crippen LogP contribution in [0.5, 0.6) is 5.75 Å². The van der Waals surface area contributed by atoms with E-state index in [-0.39, 0.29) is 18.9 Å². The van der Waals surface area contributed by atoms with Crippen LogP contribution < -0.4 is 29.0 Å². The Labute approximate surface area is 125 Å². The molecule has 2 rings (SSSR count). The number of ether oxygens (including phenoxy) is 1. The molecule has 0 saturated carbocycles. The number of hydrazone groups is 1. The van der Waals surface area contributed by atoms with Crippen LogP contribution in [0.1, 0.15) is 5.56 Å². The molecule has 0 aliphatic carbocycles. The standard InChI is InChI=1S/C15H15N2O.Li/c1-12(13-6-4-3-5-7-13)16-17-14-8-10-15(18-2)11-9-14;/h3-11,17H,1H2,2H3;/q-1;+1/b16-12+;. The van der Waals surface area contributed by atoms with E-state index < -0.39 is 0 Å². The average Bonchev–Trinajstić information content (AvgIpc) is 2.46. The predicted molar refractivity (Wildman–Crippen MR) is 75.0 cm³/mol. The summed E-state index contributed by atoms with van der Waals surface area (Å²) in [6.07, 6.45) is 0. The molecular weight excluding hydrogens is 231 g/mol. The molecule has 0 aliphatic rings. The van der Waals surface area contributed by atoms with E-state index in [0.717, 1.165) is 17.0 Å². The zero-order valence-electron chi connectivity index (χ0n) is 11.3. The van der Waals surface area contributed by atoms with Crippen molar-refractivity contribution >= 4 is 11.4 Å². The van der Waals surface area contributed by atoms with E-state index in [1.54, 1.807) is 7.11 Å². The second-order valence-electron chi connectivity index (χ2n) is 3.76. The number of hydrogen-bond donors (Lipinski definition) is 1. The van der Waals surface area contributed by atoms with Crippen molar-refractivity contribution in [2.45, 2.75) is 0 Å². The Morgan fingerprint density at radius 3 is 2.26 bits per heavy atom. The normalized spacial score (nSPS) is 10.5. The maximum atomic E-state index is 5.09.